The molecule has 0 fully saturated rings. The van der Waals surface area contributed by atoms with Gasteiger partial charge in [0.2, 0.25) is 0 Å². The Morgan fingerprint density at radius 2 is 2.19 bits per heavy atom. The van der Waals surface area contributed by atoms with E-state index in [1.54, 1.807) is 25.5 Å². The van der Waals surface area contributed by atoms with Crippen molar-refractivity contribution in [1.82, 2.24) is 10.6 Å². The number of furan rings is 1. The zero-order valence-corrected chi connectivity index (χ0v) is 15.4. The summed E-state index contributed by atoms with van der Waals surface area (Å²) in [5.41, 5.74) is -0.317. The molecule has 0 saturated carbocycles. The fourth-order valence-electron chi connectivity index (χ4n) is 1.45. The van der Waals surface area contributed by atoms with Gasteiger partial charge < -0.3 is 24.9 Å². The van der Waals surface area contributed by atoms with Crippen molar-refractivity contribution >= 4 is 29.9 Å². The van der Waals surface area contributed by atoms with Crippen LogP contribution in [0.5, 0.6) is 0 Å². The zero-order chi connectivity index (χ0) is 15.0. The van der Waals surface area contributed by atoms with Crippen LogP contribution in [-0.2, 0) is 4.74 Å². The van der Waals surface area contributed by atoms with E-state index in [1.165, 1.54) is 0 Å². The number of aliphatic imine (C=N–C) groups is 1. The minimum Gasteiger partial charge on any atom is -0.467 e. The Morgan fingerprint density at radius 1 is 1.48 bits per heavy atom. The second-order valence-corrected chi connectivity index (χ2v) is 5.07. The number of aliphatic hydroxyl groups is 1. The second-order valence-electron chi connectivity index (χ2n) is 5.07. The fourth-order valence-corrected chi connectivity index (χ4v) is 1.45. The van der Waals surface area contributed by atoms with Gasteiger partial charge in [0.1, 0.15) is 11.9 Å². The third-order valence-corrected chi connectivity index (χ3v) is 2.85. The monoisotopic (exact) mass is 411 g/mol. The van der Waals surface area contributed by atoms with Crippen LogP contribution >= 0.6 is 24.0 Å². The van der Waals surface area contributed by atoms with Crippen LogP contribution in [0.4, 0.5) is 0 Å². The molecular weight excluding hydrogens is 385 g/mol. The largest absolute Gasteiger partial charge is 0.467 e. The Bertz CT molecular complexity index is 408. The van der Waals surface area contributed by atoms with Crippen molar-refractivity contribution in [3.63, 3.8) is 0 Å². The first-order valence-electron chi connectivity index (χ1n) is 6.77. The van der Waals surface area contributed by atoms with E-state index in [-0.39, 0.29) is 29.6 Å². The van der Waals surface area contributed by atoms with E-state index in [0.29, 0.717) is 24.8 Å². The maximum Gasteiger partial charge on any atom is 0.191 e. The first-order valence-corrected chi connectivity index (χ1v) is 6.77. The molecular formula is C14H26IN3O3. The molecule has 0 aliphatic heterocycles. The predicted octanol–water partition coefficient (Wildman–Crippen LogP) is 1.91. The number of nitrogens with zero attached hydrogens (tertiary/aromatic N) is 1. The first kappa shape index (κ1) is 20.2. The summed E-state index contributed by atoms with van der Waals surface area (Å²) in [6.07, 6.45) is 0.836. The number of guanidine groups is 1. The lowest BCUT2D eigenvalue weighted by molar-refractivity contribution is 0.0310. The highest BCUT2D eigenvalue weighted by molar-refractivity contribution is 14.0. The molecule has 0 aliphatic carbocycles. The van der Waals surface area contributed by atoms with Gasteiger partial charge in [-0.05, 0) is 32.9 Å². The van der Waals surface area contributed by atoms with E-state index >= 15 is 0 Å². The van der Waals surface area contributed by atoms with E-state index < -0.39 is 6.10 Å². The van der Waals surface area contributed by atoms with Crippen molar-refractivity contribution in [3.8, 4) is 0 Å². The van der Waals surface area contributed by atoms with E-state index in [1.807, 2.05) is 20.8 Å². The Morgan fingerprint density at radius 3 is 2.71 bits per heavy atom. The second kappa shape index (κ2) is 10.0. The molecule has 0 aliphatic rings. The summed E-state index contributed by atoms with van der Waals surface area (Å²) in [7, 11) is 1.66. The number of rotatable bonds is 7. The average Bonchev–Trinajstić information content (AvgIpc) is 2.96. The number of hydrogen-bond acceptors (Lipinski definition) is 4. The van der Waals surface area contributed by atoms with Crippen LogP contribution in [0.3, 0.4) is 0 Å². The number of methoxy groups -OCH3 is 1. The summed E-state index contributed by atoms with van der Waals surface area (Å²) in [5, 5.41) is 16.1. The number of aliphatic hydroxyl groups excluding tert-OH is 1. The molecule has 1 heterocycles. The lowest BCUT2D eigenvalue weighted by Gasteiger charge is -2.21. The smallest absolute Gasteiger partial charge is 0.191 e. The summed E-state index contributed by atoms with van der Waals surface area (Å²) in [5.74, 6) is 1.17. The van der Waals surface area contributed by atoms with Crippen molar-refractivity contribution in [2.45, 2.75) is 32.5 Å². The highest BCUT2D eigenvalue weighted by atomic mass is 127. The van der Waals surface area contributed by atoms with Gasteiger partial charge in [0.15, 0.2) is 5.96 Å². The van der Waals surface area contributed by atoms with Crippen LogP contribution in [-0.4, -0.2) is 43.4 Å². The van der Waals surface area contributed by atoms with Crippen LogP contribution < -0.4 is 10.6 Å². The Labute approximate surface area is 143 Å². The summed E-state index contributed by atoms with van der Waals surface area (Å²) in [4.78, 5) is 4.44. The molecule has 1 rings (SSSR count). The molecule has 1 unspecified atom stereocenters. The van der Waals surface area contributed by atoms with Crippen molar-refractivity contribution < 1.29 is 14.3 Å². The summed E-state index contributed by atoms with van der Waals surface area (Å²) in [6, 6.07) is 3.49. The third-order valence-electron chi connectivity index (χ3n) is 2.85. The van der Waals surface area contributed by atoms with Crippen molar-refractivity contribution in [2.75, 3.05) is 26.7 Å². The van der Waals surface area contributed by atoms with Gasteiger partial charge in [-0.15, -0.1) is 24.0 Å². The Hall–Kier alpha value is -0.800. The SMILES string of the molecule is CCNC(=NCC(C)(C)OC)NCC(O)c1ccco1.I. The quantitative estimate of drug-likeness (QED) is 0.363. The normalized spacial score (nSPS) is 13.5. The summed E-state index contributed by atoms with van der Waals surface area (Å²) in [6.45, 7) is 7.52. The van der Waals surface area contributed by atoms with E-state index in [2.05, 4.69) is 15.6 Å². The Balaban J connectivity index is 0.00000400. The summed E-state index contributed by atoms with van der Waals surface area (Å²) >= 11 is 0. The topological polar surface area (TPSA) is 79.0 Å². The van der Waals surface area contributed by atoms with Crippen LogP contribution in [0.2, 0.25) is 0 Å². The molecule has 7 heteroatoms. The molecule has 3 N–H and O–H groups in total. The van der Waals surface area contributed by atoms with E-state index in [0.717, 1.165) is 6.54 Å². The maximum atomic E-state index is 9.94. The molecule has 1 atom stereocenters. The van der Waals surface area contributed by atoms with Crippen LogP contribution in [0, 0.1) is 0 Å². The lowest BCUT2D eigenvalue weighted by Crippen LogP contribution is -2.40. The van der Waals surface area contributed by atoms with Crippen LogP contribution in [0.25, 0.3) is 0 Å². The number of halogens is 1. The van der Waals surface area contributed by atoms with Gasteiger partial charge in [-0.25, -0.2) is 0 Å². The number of nitrogens with one attached hydrogen (secondary N) is 2. The first-order chi connectivity index (χ1) is 9.48. The molecule has 0 saturated heterocycles. The van der Waals surface area contributed by atoms with Crippen LogP contribution in [0.1, 0.15) is 32.6 Å². The average molecular weight is 411 g/mol. The van der Waals surface area contributed by atoms with Gasteiger partial charge in [-0.3, -0.25) is 4.99 Å². The van der Waals surface area contributed by atoms with Crippen molar-refractivity contribution in [2.24, 2.45) is 4.99 Å². The molecule has 0 aromatic carbocycles. The van der Waals surface area contributed by atoms with Gasteiger partial charge >= 0.3 is 0 Å². The Kier molecular flexibility index (Phi) is 9.63. The van der Waals surface area contributed by atoms with Crippen molar-refractivity contribution in [3.05, 3.63) is 24.2 Å². The minimum absolute atomic E-state index is 0. The molecule has 1 aromatic heterocycles. The third kappa shape index (κ3) is 7.68. The fraction of sp³-hybridized carbons (Fsp3) is 0.643. The maximum absolute atomic E-state index is 9.94. The van der Waals surface area contributed by atoms with Gasteiger partial charge in [0, 0.05) is 13.7 Å². The van der Waals surface area contributed by atoms with Gasteiger partial charge in [0.25, 0.3) is 0 Å². The molecule has 0 spiro atoms. The predicted molar refractivity (Wildman–Crippen MR) is 94.2 cm³/mol. The molecule has 0 bridgehead atoms. The van der Waals surface area contributed by atoms with Gasteiger partial charge in [0.05, 0.1) is 25.0 Å². The molecule has 122 valence electrons. The lowest BCUT2D eigenvalue weighted by atomic mass is 10.1. The van der Waals surface area contributed by atoms with Gasteiger partial charge in [-0.2, -0.15) is 0 Å². The molecule has 0 amide bonds. The number of ether oxygens (including phenoxy) is 1. The van der Waals surface area contributed by atoms with E-state index in [4.69, 9.17) is 9.15 Å². The summed E-state index contributed by atoms with van der Waals surface area (Å²) < 4.78 is 10.5. The highest BCUT2D eigenvalue weighted by Crippen LogP contribution is 2.11. The molecule has 0 radical (unpaired) electrons. The van der Waals surface area contributed by atoms with Gasteiger partial charge in [-0.1, -0.05) is 0 Å². The van der Waals surface area contributed by atoms with Crippen molar-refractivity contribution in [1.29, 1.82) is 0 Å². The van der Waals surface area contributed by atoms with Crippen LogP contribution in [0.15, 0.2) is 27.8 Å². The highest BCUT2D eigenvalue weighted by Gasteiger charge is 2.16. The zero-order valence-electron chi connectivity index (χ0n) is 13.0. The molecule has 21 heavy (non-hydrogen) atoms. The van der Waals surface area contributed by atoms with E-state index in [9.17, 15) is 5.11 Å². The molecule has 1 aromatic rings. The number of hydrogen-bond donors (Lipinski definition) is 3. The standard InChI is InChI=1S/C14H25N3O3.HI/c1-5-15-13(17-10-14(2,3)19-4)16-9-11(18)12-7-6-8-20-12;/h6-8,11,18H,5,9-10H2,1-4H3,(H2,15,16,17);1H. The molecule has 6 nitrogen and oxygen atoms in total. The minimum atomic E-state index is -0.704.